The van der Waals surface area contributed by atoms with E-state index in [1.54, 1.807) is 6.07 Å². The molecule has 3 rings (SSSR count). The molecule has 2 heterocycles. The van der Waals surface area contributed by atoms with Gasteiger partial charge in [-0.25, -0.2) is 9.78 Å². The van der Waals surface area contributed by atoms with Gasteiger partial charge >= 0.3 is 5.97 Å². The summed E-state index contributed by atoms with van der Waals surface area (Å²) in [6.45, 7) is 0. The summed E-state index contributed by atoms with van der Waals surface area (Å²) in [5.74, 6) is -0.446. The van der Waals surface area contributed by atoms with Crippen molar-refractivity contribution in [3.05, 3.63) is 47.2 Å². The lowest BCUT2D eigenvalue weighted by atomic mass is 10.1. The molecule has 0 unspecified atom stereocenters. The molecule has 3 aromatic rings. The van der Waals surface area contributed by atoms with Gasteiger partial charge in [-0.1, -0.05) is 29.8 Å². The molecular weight excluding hydrogens is 264 g/mol. The molecule has 0 aliphatic carbocycles. The molecule has 0 radical (unpaired) electrons. The highest BCUT2D eigenvalue weighted by Gasteiger charge is 2.12. The summed E-state index contributed by atoms with van der Waals surface area (Å²) >= 11 is 6.15. The minimum absolute atomic E-state index is 0.326. The number of rotatable bonds is 1. The Morgan fingerprint density at radius 1 is 1.26 bits per heavy atom. The van der Waals surface area contributed by atoms with E-state index in [0.717, 1.165) is 16.4 Å². The number of carbonyl (C=O) groups is 1. The Balaban J connectivity index is 2.38. The second kappa shape index (κ2) is 4.48. The molecule has 0 N–H and O–H groups in total. The Morgan fingerprint density at radius 3 is 2.84 bits per heavy atom. The summed E-state index contributed by atoms with van der Waals surface area (Å²) in [7, 11) is 1.33. The third-order valence-electron chi connectivity index (χ3n) is 2.91. The largest absolute Gasteiger partial charge is 0.465 e. The van der Waals surface area contributed by atoms with Gasteiger partial charge in [0.1, 0.15) is 5.15 Å². The van der Waals surface area contributed by atoms with Gasteiger partial charge in [0, 0.05) is 17.0 Å². The van der Waals surface area contributed by atoms with E-state index in [1.807, 2.05) is 24.3 Å². The van der Waals surface area contributed by atoms with Crippen molar-refractivity contribution >= 4 is 39.4 Å². The van der Waals surface area contributed by atoms with E-state index in [9.17, 15) is 4.79 Å². The number of halogens is 1. The van der Waals surface area contributed by atoms with Gasteiger partial charge < -0.3 is 4.74 Å². The van der Waals surface area contributed by atoms with Gasteiger partial charge in [-0.2, -0.15) is 0 Å². The minimum Gasteiger partial charge on any atom is -0.465 e. The van der Waals surface area contributed by atoms with Gasteiger partial charge in [0.25, 0.3) is 0 Å². The Kier molecular flexibility index (Phi) is 2.80. The van der Waals surface area contributed by atoms with Gasteiger partial charge in [0.2, 0.25) is 0 Å². The van der Waals surface area contributed by atoms with Crippen molar-refractivity contribution < 1.29 is 9.53 Å². The first-order chi connectivity index (χ1) is 9.20. The molecule has 94 valence electrons. The monoisotopic (exact) mass is 272 g/mol. The van der Waals surface area contributed by atoms with Crippen LogP contribution in [-0.4, -0.2) is 23.0 Å². The molecule has 0 atom stereocenters. The highest BCUT2D eigenvalue weighted by Crippen LogP contribution is 2.28. The molecule has 2 aromatic heterocycles. The summed E-state index contributed by atoms with van der Waals surface area (Å²) in [5, 5.41) is 1.87. The molecule has 19 heavy (non-hydrogen) atoms. The average molecular weight is 273 g/mol. The first kappa shape index (κ1) is 11.9. The number of pyridine rings is 2. The van der Waals surface area contributed by atoms with Crippen LogP contribution >= 0.6 is 11.6 Å². The number of hydrogen-bond donors (Lipinski definition) is 0. The van der Waals surface area contributed by atoms with E-state index >= 15 is 0 Å². The highest BCUT2D eigenvalue weighted by atomic mass is 35.5. The number of aromatic nitrogens is 2. The van der Waals surface area contributed by atoms with Crippen LogP contribution in [0.25, 0.3) is 21.8 Å². The number of para-hydroxylation sites is 1. The normalized spacial score (nSPS) is 10.8. The Hall–Kier alpha value is -2.20. The molecule has 0 spiro atoms. The maximum absolute atomic E-state index is 11.5. The third kappa shape index (κ3) is 1.90. The Labute approximate surface area is 114 Å². The molecule has 0 aliphatic heterocycles. The molecule has 4 nitrogen and oxygen atoms in total. The van der Waals surface area contributed by atoms with Gasteiger partial charge in [-0.3, -0.25) is 4.98 Å². The summed E-state index contributed by atoms with van der Waals surface area (Å²) in [6.07, 6.45) is 1.48. The maximum Gasteiger partial charge on any atom is 0.339 e. The zero-order valence-corrected chi connectivity index (χ0v) is 10.8. The molecule has 0 amide bonds. The number of esters is 1. The molecule has 0 saturated carbocycles. The minimum atomic E-state index is -0.446. The van der Waals surface area contributed by atoms with Crippen LogP contribution in [0.15, 0.2) is 36.5 Å². The lowest BCUT2D eigenvalue weighted by molar-refractivity contribution is 0.0600. The highest BCUT2D eigenvalue weighted by molar-refractivity contribution is 6.35. The predicted octanol–water partition coefficient (Wildman–Crippen LogP) is 3.22. The quantitative estimate of drug-likeness (QED) is 0.388. The van der Waals surface area contributed by atoms with Crippen molar-refractivity contribution in [3.63, 3.8) is 0 Å². The number of nitrogens with zero attached hydrogens (tertiary/aromatic N) is 2. The smallest absolute Gasteiger partial charge is 0.339 e. The van der Waals surface area contributed by atoms with Crippen molar-refractivity contribution in [1.82, 2.24) is 9.97 Å². The zero-order valence-electron chi connectivity index (χ0n) is 10.1. The van der Waals surface area contributed by atoms with Crippen molar-refractivity contribution in [2.75, 3.05) is 7.11 Å². The van der Waals surface area contributed by atoms with Crippen molar-refractivity contribution in [2.24, 2.45) is 0 Å². The fourth-order valence-corrected chi connectivity index (χ4v) is 2.24. The summed E-state index contributed by atoms with van der Waals surface area (Å²) in [6, 6.07) is 9.24. The van der Waals surface area contributed by atoms with E-state index in [1.165, 1.54) is 13.3 Å². The van der Waals surface area contributed by atoms with Crippen LogP contribution in [0.4, 0.5) is 0 Å². The molecule has 0 fully saturated rings. The molecule has 0 aliphatic rings. The average Bonchev–Trinajstić information content (AvgIpc) is 2.46. The van der Waals surface area contributed by atoms with E-state index in [2.05, 4.69) is 14.7 Å². The number of fused-ring (bicyclic) bond motifs is 3. The van der Waals surface area contributed by atoms with Crippen LogP contribution in [0.1, 0.15) is 10.4 Å². The van der Waals surface area contributed by atoms with Gasteiger partial charge in [-0.15, -0.1) is 0 Å². The van der Waals surface area contributed by atoms with E-state index < -0.39 is 5.97 Å². The lowest BCUT2D eigenvalue weighted by Gasteiger charge is -2.06. The fourth-order valence-electron chi connectivity index (χ4n) is 2.00. The van der Waals surface area contributed by atoms with Gasteiger partial charge in [0.05, 0.1) is 23.7 Å². The number of ether oxygens (including phenoxy) is 1. The van der Waals surface area contributed by atoms with E-state index in [4.69, 9.17) is 11.6 Å². The van der Waals surface area contributed by atoms with Gasteiger partial charge in [-0.05, 0) is 12.1 Å². The molecule has 0 saturated heterocycles. The van der Waals surface area contributed by atoms with Crippen LogP contribution in [-0.2, 0) is 4.74 Å². The van der Waals surface area contributed by atoms with Crippen LogP contribution in [0.3, 0.4) is 0 Å². The topological polar surface area (TPSA) is 52.1 Å². The molecule has 1 aromatic carbocycles. The second-order valence-electron chi connectivity index (χ2n) is 4.03. The standard InChI is InChI=1S/C14H9ClN2O2/c1-19-14(18)8-6-10-12(16-7-8)9-4-2-3-5-11(9)17-13(10)15/h2-7H,1H3. The third-order valence-corrected chi connectivity index (χ3v) is 3.20. The van der Waals surface area contributed by atoms with Crippen LogP contribution in [0, 0.1) is 0 Å². The number of hydrogen-bond acceptors (Lipinski definition) is 4. The summed E-state index contributed by atoms with van der Waals surface area (Å²) in [4.78, 5) is 20.1. The molecule has 0 bridgehead atoms. The Bertz CT molecular complexity index is 802. The predicted molar refractivity (Wildman–Crippen MR) is 73.4 cm³/mol. The first-order valence-corrected chi connectivity index (χ1v) is 6.01. The summed E-state index contributed by atoms with van der Waals surface area (Å²) in [5.41, 5.74) is 1.86. The zero-order chi connectivity index (χ0) is 13.4. The van der Waals surface area contributed by atoms with E-state index in [-0.39, 0.29) is 0 Å². The number of benzene rings is 1. The van der Waals surface area contributed by atoms with Crippen LogP contribution < -0.4 is 0 Å². The maximum atomic E-state index is 11.5. The van der Waals surface area contributed by atoms with Crippen LogP contribution in [0.2, 0.25) is 5.15 Å². The SMILES string of the molecule is COC(=O)c1cnc2c(c1)c(Cl)nc1ccccc12. The summed E-state index contributed by atoms with van der Waals surface area (Å²) < 4.78 is 4.67. The van der Waals surface area contributed by atoms with E-state index in [0.29, 0.717) is 16.1 Å². The van der Waals surface area contributed by atoms with Crippen LogP contribution in [0.5, 0.6) is 0 Å². The van der Waals surface area contributed by atoms with Crippen molar-refractivity contribution in [2.45, 2.75) is 0 Å². The lowest BCUT2D eigenvalue weighted by Crippen LogP contribution is -2.02. The molecular formula is C14H9ClN2O2. The Morgan fingerprint density at radius 2 is 2.05 bits per heavy atom. The first-order valence-electron chi connectivity index (χ1n) is 5.63. The van der Waals surface area contributed by atoms with Gasteiger partial charge in [0.15, 0.2) is 0 Å². The number of carbonyl (C=O) groups excluding carboxylic acids is 1. The van der Waals surface area contributed by atoms with Crippen molar-refractivity contribution in [3.8, 4) is 0 Å². The number of methoxy groups -OCH3 is 1. The van der Waals surface area contributed by atoms with Crippen molar-refractivity contribution in [1.29, 1.82) is 0 Å². The fraction of sp³-hybridized carbons (Fsp3) is 0.0714. The second-order valence-corrected chi connectivity index (χ2v) is 4.39. The molecule has 5 heteroatoms.